The number of alkyl halides is 1. The third kappa shape index (κ3) is 3.23. The summed E-state index contributed by atoms with van der Waals surface area (Å²) in [4.78, 5) is 0. The molecule has 0 aromatic heterocycles. The van der Waals surface area contributed by atoms with E-state index in [0.717, 1.165) is 5.69 Å². The molecule has 0 aliphatic carbocycles. The second-order valence-corrected chi connectivity index (χ2v) is 7.26. The molecular formula is C10H12ClN3O2SSe. The maximum atomic E-state index is 11.9. The Morgan fingerprint density at radius 1 is 1.44 bits per heavy atom. The molecule has 0 saturated heterocycles. The summed E-state index contributed by atoms with van der Waals surface area (Å²) >= 11 is 5.46. The fourth-order valence-electron chi connectivity index (χ4n) is 1.52. The summed E-state index contributed by atoms with van der Waals surface area (Å²) in [5.41, 5.74) is 1.89. The minimum absolute atomic E-state index is 0.00243. The van der Waals surface area contributed by atoms with E-state index in [0.29, 0.717) is 17.3 Å². The van der Waals surface area contributed by atoms with E-state index < -0.39 is 10.0 Å². The van der Waals surface area contributed by atoms with Gasteiger partial charge in [0.2, 0.25) is 0 Å². The van der Waals surface area contributed by atoms with Crippen LogP contribution in [0.2, 0.25) is 0 Å². The number of halogens is 1. The summed E-state index contributed by atoms with van der Waals surface area (Å²) in [5.74, 6) is 0.228. The molecule has 2 rings (SSSR count). The van der Waals surface area contributed by atoms with E-state index in [1.54, 1.807) is 19.1 Å². The van der Waals surface area contributed by atoms with Crippen LogP contribution in [0, 0.1) is 5.92 Å². The maximum absolute atomic E-state index is 11.9. The number of nitrogens with zero attached hydrogens (tertiary/aromatic N) is 2. The average Bonchev–Trinajstić information content (AvgIpc) is 2.77. The van der Waals surface area contributed by atoms with Gasteiger partial charge in [0.05, 0.1) is 0 Å². The summed E-state index contributed by atoms with van der Waals surface area (Å²) in [6, 6.07) is 5.29. The molecule has 1 aromatic carbocycles. The van der Waals surface area contributed by atoms with E-state index in [1.165, 1.54) is 0 Å². The molecular weight excluding hydrogens is 341 g/mol. The number of sulfonamides is 1. The Hall–Kier alpha value is -0.621. The summed E-state index contributed by atoms with van der Waals surface area (Å²) in [7, 11) is -3.40. The Labute approximate surface area is 117 Å². The van der Waals surface area contributed by atoms with Crippen LogP contribution in [0.15, 0.2) is 26.1 Å². The predicted molar refractivity (Wildman–Crippen MR) is 73.7 cm³/mol. The van der Waals surface area contributed by atoms with Crippen LogP contribution in [0.4, 0.5) is 17.1 Å². The zero-order chi connectivity index (χ0) is 13.2. The molecule has 98 valence electrons. The Bertz CT molecular complexity index is 626. The van der Waals surface area contributed by atoms with Crippen molar-refractivity contribution < 1.29 is 8.42 Å². The van der Waals surface area contributed by atoms with Crippen LogP contribution < -0.4 is 4.72 Å². The van der Waals surface area contributed by atoms with Gasteiger partial charge in [0.25, 0.3) is 0 Å². The molecule has 1 aromatic rings. The van der Waals surface area contributed by atoms with Crippen LogP contribution in [0.25, 0.3) is 0 Å². The molecule has 1 aliphatic heterocycles. The van der Waals surface area contributed by atoms with Gasteiger partial charge in [-0.25, -0.2) is 0 Å². The number of anilines is 1. The van der Waals surface area contributed by atoms with E-state index in [1.807, 2.05) is 6.07 Å². The van der Waals surface area contributed by atoms with Crippen molar-refractivity contribution in [3.05, 3.63) is 18.2 Å². The number of rotatable bonds is 5. The van der Waals surface area contributed by atoms with Crippen LogP contribution in [0.1, 0.15) is 6.92 Å². The van der Waals surface area contributed by atoms with Gasteiger partial charge in [0.1, 0.15) is 0 Å². The van der Waals surface area contributed by atoms with E-state index >= 15 is 0 Å². The molecule has 1 unspecified atom stereocenters. The van der Waals surface area contributed by atoms with E-state index in [4.69, 9.17) is 11.6 Å². The SMILES string of the molecule is CC(CCl)CS(=O)(=O)Nc1cccc2c1N=[Se]=N2. The molecule has 0 saturated carbocycles. The van der Waals surface area contributed by atoms with Crippen LogP contribution in [-0.4, -0.2) is 34.6 Å². The van der Waals surface area contributed by atoms with Crippen LogP contribution in [-0.2, 0) is 10.0 Å². The Morgan fingerprint density at radius 3 is 2.94 bits per heavy atom. The van der Waals surface area contributed by atoms with Crippen LogP contribution in [0.3, 0.4) is 0 Å². The van der Waals surface area contributed by atoms with Crippen molar-refractivity contribution in [1.82, 2.24) is 0 Å². The van der Waals surface area contributed by atoms with Gasteiger partial charge in [-0.15, -0.1) is 0 Å². The monoisotopic (exact) mass is 353 g/mol. The molecule has 0 spiro atoms. The first-order valence-corrected chi connectivity index (χ1v) is 9.01. The normalized spacial score (nSPS) is 15.0. The third-order valence-electron chi connectivity index (χ3n) is 2.32. The van der Waals surface area contributed by atoms with Gasteiger partial charge in [-0.2, -0.15) is 0 Å². The zero-order valence-corrected chi connectivity index (χ0v) is 12.9. The molecule has 1 atom stereocenters. The van der Waals surface area contributed by atoms with E-state index in [9.17, 15) is 8.42 Å². The number of benzene rings is 1. The number of hydrogen-bond donors (Lipinski definition) is 1. The second-order valence-electron chi connectivity index (χ2n) is 4.08. The van der Waals surface area contributed by atoms with Gasteiger partial charge in [-0.1, -0.05) is 0 Å². The standard InChI is InChI=1S/C10H12ClN3O2SSe/c1-7(5-11)6-17(15,16)12-8-3-2-4-9-10(8)14-18-13-9/h2-4,7,12H,5-6H2,1H3. The summed E-state index contributed by atoms with van der Waals surface area (Å²) in [6.45, 7) is 1.80. The van der Waals surface area contributed by atoms with Crippen LogP contribution in [0.5, 0.6) is 0 Å². The van der Waals surface area contributed by atoms with Crippen molar-refractivity contribution in [2.45, 2.75) is 6.92 Å². The van der Waals surface area contributed by atoms with Crippen LogP contribution >= 0.6 is 11.6 Å². The van der Waals surface area contributed by atoms with Gasteiger partial charge in [0, 0.05) is 0 Å². The van der Waals surface area contributed by atoms with Gasteiger partial charge in [-0.3, -0.25) is 0 Å². The van der Waals surface area contributed by atoms with Crippen molar-refractivity contribution in [3.63, 3.8) is 0 Å². The Morgan fingerprint density at radius 2 is 2.22 bits per heavy atom. The molecule has 1 aliphatic rings. The van der Waals surface area contributed by atoms with Crippen molar-refractivity contribution in [3.8, 4) is 0 Å². The molecule has 0 bridgehead atoms. The summed E-state index contributed by atoms with van der Waals surface area (Å²) < 4.78 is 34.9. The molecule has 0 amide bonds. The fraction of sp³-hybridized carbons (Fsp3) is 0.400. The number of fused-ring (bicyclic) bond motifs is 1. The first-order valence-electron chi connectivity index (χ1n) is 5.29. The fourth-order valence-corrected chi connectivity index (χ4v) is 4.36. The summed E-state index contributed by atoms with van der Waals surface area (Å²) in [5, 5.41) is 0. The molecule has 8 heteroatoms. The molecule has 0 radical (unpaired) electrons. The molecule has 18 heavy (non-hydrogen) atoms. The zero-order valence-electron chi connectivity index (χ0n) is 9.63. The van der Waals surface area contributed by atoms with Gasteiger partial charge < -0.3 is 0 Å². The molecule has 1 heterocycles. The van der Waals surface area contributed by atoms with Crippen molar-refractivity contribution in [1.29, 1.82) is 0 Å². The van der Waals surface area contributed by atoms with E-state index in [2.05, 4.69) is 12.6 Å². The van der Waals surface area contributed by atoms with Crippen molar-refractivity contribution in [2.24, 2.45) is 13.8 Å². The second kappa shape index (κ2) is 5.57. The molecule has 5 nitrogen and oxygen atoms in total. The number of hydrogen-bond acceptors (Lipinski definition) is 4. The summed E-state index contributed by atoms with van der Waals surface area (Å²) in [6.07, 6.45) is 0. The Balaban J connectivity index is 2.21. The quantitative estimate of drug-likeness (QED) is 0.664. The van der Waals surface area contributed by atoms with E-state index in [-0.39, 0.29) is 26.2 Å². The minimum atomic E-state index is -3.40. The van der Waals surface area contributed by atoms with Crippen molar-refractivity contribution >= 4 is 53.3 Å². The first-order chi connectivity index (χ1) is 8.52. The molecule has 1 N–H and O–H groups in total. The first kappa shape index (κ1) is 13.8. The molecule has 0 fully saturated rings. The van der Waals surface area contributed by atoms with Crippen molar-refractivity contribution in [2.75, 3.05) is 16.4 Å². The topological polar surface area (TPSA) is 70.9 Å². The Kier molecular flexibility index (Phi) is 4.27. The average molecular weight is 353 g/mol. The predicted octanol–water partition coefficient (Wildman–Crippen LogP) is 2.65. The van der Waals surface area contributed by atoms with Gasteiger partial charge in [-0.05, 0) is 0 Å². The third-order valence-corrected chi connectivity index (χ3v) is 5.52. The van der Waals surface area contributed by atoms with Gasteiger partial charge in [0.15, 0.2) is 0 Å². The van der Waals surface area contributed by atoms with Gasteiger partial charge >= 0.3 is 117 Å². The number of nitrogens with one attached hydrogen (secondary N) is 1.